The van der Waals surface area contributed by atoms with Crippen LogP contribution in [0.25, 0.3) is 11.4 Å². The quantitative estimate of drug-likeness (QED) is 0.880. The van der Waals surface area contributed by atoms with Crippen molar-refractivity contribution in [2.45, 2.75) is 13.8 Å². The first-order valence-electron chi connectivity index (χ1n) is 8.60. The minimum Gasteiger partial charge on any atom is -0.379 e. The van der Waals surface area contributed by atoms with Crippen LogP contribution in [-0.4, -0.2) is 66.3 Å². The number of H-pyrrole nitrogens is 1. The van der Waals surface area contributed by atoms with Crippen molar-refractivity contribution in [3.63, 3.8) is 0 Å². The maximum atomic E-state index is 11.9. The molecule has 134 valence electrons. The summed E-state index contributed by atoms with van der Waals surface area (Å²) >= 11 is 0. The van der Waals surface area contributed by atoms with Gasteiger partial charge in [0.25, 0.3) is 5.56 Å². The molecular formula is C18H25N5O2. The van der Waals surface area contributed by atoms with E-state index < -0.39 is 0 Å². The Kier molecular flexibility index (Phi) is 5.45. The number of pyridine rings is 1. The van der Waals surface area contributed by atoms with Crippen LogP contribution in [-0.2, 0) is 4.74 Å². The number of likely N-dealkylation sites (N-methyl/N-ethyl adjacent to an activating group) is 1. The summed E-state index contributed by atoms with van der Waals surface area (Å²) in [4.78, 5) is 28.2. The lowest BCUT2D eigenvalue weighted by Crippen LogP contribution is -2.40. The molecule has 1 N–H and O–H groups in total. The summed E-state index contributed by atoms with van der Waals surface area (Å²) in [5.41, 5.74) is 2.10. The van der Waals surface area contributed by atoms with Crippen molar-refractivity contribution in [3.05, 3.63) is 39.9 Å². The van der Waals surface area contributed by atoms with Gasteiger partial charge in [0, 0.05) is 56.2 Å². The lowest BCUT2D eigenvalue weighted by atomic mass is 10.2. The summed E-state index contributed by atoms with van der Waals surface area (Å²) in [6, 6.07) is 3.91. The van der Waals surface area contributed by atoms with Crippen LogP contribution in [0.1, 0.15) is 11.3 Å². The van der Waals surface area contributed by atoms with Crippen LogP contribution in [0, 0.1) is 13.8 Å². The number of hydrogen-bond acceptors (Lipinski definition) is 6. The highest BCUT2D eigenvalue weighted by Crippen LogP contribution is 2.17. The Morgan fingerprint density at radius 1 is 1.28 bits per heavy atom. The van der Waals surface area contributed by atoms with Crippen molar-refractivity contribution < 1.29 is 4.74 Å². The SMILES string of the molecule is Cc1nc(-c2ccc(N(C)CCN3CCOCC3)nc2)[nH]c(=O)c1C. The summed E-state index contributed by atoms with van der Waals surface area (Å²) in [5.74, 6) is 1.46. The second kappa shape index (κ2) is 7.76. The van der Waals surface area contributed by atoms with Crippen molar-refractivity contribution in [2.75, 3.05) is 51.3 Å². The number of anilines is 1. The van der Waals surface area contributed by atoms with Crippen LogP contribution in [0.5, 0.6) is 0 Å². The molecule has 0 aromatic carbocycles. The largest absolute Gasteiger partial charge is 0.379 e. The fraction of sp³-hybridized carbons (Fsp3) is 0.500. The topological polar surface area (TPSA) is 74.4 Å². The van der Waals surface area contributed by atoms with Gasteiger partial charge < -0.3 is 14.6 Å². The van der Waals surface area contributed by atoms with E-state index >= 15 is 0 Å². The highest BCUT2D eigenvalue weighted by molar-refractivity contribution is 5.56. The van der Waals surface area contributed by atoms with Crippen molar-refractivity contribution in [3.8, 4) is 11.4 Å². The molecule has 0 radical (unpaired) electrons. The predicted molar refractivity (Wildman–Crippen MR) is 98.1 cm³/mol. The molecule has 1 saturated heterocycles. The molecule has 0 aliphatic carbocycles. The molecule has 7 nitrogen and oxygen atoms in total. The molecule has 2 aromatic heterocycles. The first-order chi connectivity index (χ1) is 12.0. The van der Waals surface area contributed by atoms with E-state index in [1.807, 2.05) is 26.1 Å². The number of ether oxygens (including phenoxy) is 1. The number of aromatic amines is 1. The third-order valence-corrected chi connectivity index (χ3v) is 4.66. The van der Waals surface area contributed by atoms with Gasteiger partial charge in [0.1, 0.15) is 11.6 Å². The van der Waals surface area contributed by atoms with Crippen molar-refractivity contribution >= 4 is 5.82 Å². The van der Waals surface area contributed by atoms with Crippen LogP contribution in [0.3, 0.4) is 0 Å². The van der Waals surface area contributed by atoms with Gasteiger partial charge in [0.05, 0.1) is 13.2 Å². The van der Waals surface area contributed by atoms with Gasteiger partial charge in [0.15, 0.2) is 0 Å². The fourth-order valence-electron chi connectivity index (χ4n) is 2.76. The molecule has 3 heterocycles. The number of hydrogen-bond donors (Lipinski definition) is 1. The van der Waals surface area contributed by atoms with Crippen LogP contribution < -0.4 is 10.5 Å². The van der Waals surface area contributed by atoms with E-state index in [-0.39, 0.29) is 5.56 Å². The molecule has 1 aliphatic rings. The first kappa shape index (κ1) is 17.6. The number of aryl methyl sites for hydroxylation is 1. The van der Waals surface area contributed by atoms with Crippen molar-refractivity contribution in [1.82, 2.24) is 19.9 Å². The Labute approximate surface area is 147 Å². The molecule has 3 rings (SSSR count). The van der Waals surface area contributed by atoms with E-state index in [2.05, 4.69) is 24.8 Å². The first-order valence-corrected chi connectivity index (χ1v) is 8.60. The second-order valence-corrected chi connectivity index (χ2v) is 6.41. The third-order valence-electron chi connectivity index (χ3n) is 4.66. The number of rotatable bonds is 5. The van der Waals surface area contributed by atoms with E-state index in [0.717, 1.165) is 56.5 Å². The second-order valence-electron chi connectivity index (χ2n) is 6.41. The molecule has 1 fully saturated rings. The van der Waals surface area contributed by atoms with E-state index in [1.54, 1.807) is 13.1 Å². The monoisotopic (exact) mass is 343 g/mol. The van der Waals surface area contributed by atoms with E-state index in [0.29, 0.717) is 11.4 Å². The molecule has 0 unspecified atom stereocenters. The average Bonchev–Trinajstić information content (AvgIpc) is 2.64. The van der Waals surface area contributed by atoms with Crippen LogP contribution in [0.15, 0.2) is 23.1 Å². The van der Waals surface area contributed by atoms with Gasteiger partial charge in [0.2, 0.25) is 0 Å². The highest BCUT2D eigenvalue weighted by atomic mass is 16.5. The Morgan fingerprint density at radius 3 is 2.68 bits per heavy atom. The maximum Gasteiger partial charge on any atom is 0.254 e. The summed E-state index contributed by atoms with van der Waals surface area (Å²) < 4.78 is 5.37. The average molecular weight is 343 g/mol. The number of nitrogens with zero attached hydrogens (tertiary/aromatic N) is 4. The molecule has 25 heavy (non-hydrogen) atoms. The normalized spacial score (nSPS) is 15.3. The Morgan fingerprint density at radius 2 is 2.04 bits per heavy atom. The summed E-state index contributed by atoms with van der Waals surface area (Å²) in [7, 11) is 2.04. The van der Waals surface area contributed by atoms with Crippen LogP contribution in [0.2, 0.25) is 0 Å². The summed E-state index contributed by atoms with van der Waals surface area (Å²) in [6.07, 6.45) is 1.76. The van der Waals surface area contributed by atoms with Gasteiger partial charge in [-0.25, -0.2) is 9.97 Å². The number of aromatic nitrogens is 3. The lowest BCUT2D eigenvalue weighted by Gasteiger charge is -2.28. The predicted octanol–water partition coefficient (Wildman–Crippen LogP) is 1.22. The Balaban J connectivity index is 1.66. The molecule has 1 aliphatic heterocycles. The van der Waals surface area contributed by atoms with Gasteiger partial charge in [-0.3, -0.25) is 9.69 Å². The van der Waals surface area contributed by atoms with Gasteiger partial charge >= 0.3 is 0 Å². The van der Waals surface area contributed by atoms with E-state index in [9.17, 15) is 4.79 Å². The number of morpholine rings is 1. The Bertz CT molecular complexity index is 766. The molecule has 2 aromatic rings. The van der Waals surface area contributed by atoms with Crippen LogP contribution in [0.4, 0.5) is 5.82 Å². The smallest absolute Gasteiger partial charge is 0.254 e. The van der Waals surface area contributed by atoms with Crippen LogP contribution >= 0.6 is 0 Å². The standard InChI is InChI=1S/C18H25N5O2/c1-13-14(2)20-17(21-18(13)24)15-4-5-16(19-12-15)22(3)6-7-23-8-10-25-11-9-23/h4-5,12H,6-11H2,1-3H3,(H,20,21,24). The molecular weight excluding hydrogens is 318 g/mol. The number of nitrogens with one attached hydrogen (secondary N) is 1. The van der Waals surface area contributed by atoms with Gasteiger partial charge in [-0.2, -0.15) is 0 Å². The molecule has 7 heteroatoms. The minimum atomic E-state index is -0.103. The van der Waals surface area contributed by atoms with Crippen molar-refractivity contribution in [2.24, 2.45) is 0 Å². The van der Waals surface area contributed by atoms with Crippen molar-refractivity contribution in [1.29, 1.82) is 0 Å². The fourth-order valence-corrected chi connectivity index (χ4v) is 2.76. The van der Waals surface area contributed by atoms with E-state index in [4.69, 9.17) is 4.74 Å². The molecule has 0 saturated carbocycles. The summed E-state index contributed by atoms with van der Waals surface area (Å²) in [6.45, 7) is 9.14. The van der Waals surface area contributed by atoms with Gasteiger partial charge in [-0.1, -0.05) is 0 Å². The minimum absolute atomic E-state index is 0.103. The summed E-state index contributed by atoms with van der Waals surface area (Å²) in [5, 5.41) is 0. The van der Waals surface area contributed by atoms with E-state index in [1.165, 1.54) is 0 Å². The van der Waals surface area contributed by atoms with Gasteiger partial charge in [-0.15, -0.1) is 0 Å². The zero-order valence-corrected chi connectivity index (χ0v) is 15.1. The molecule has 0 bridgehead atoms. The highest BCUT2D eigenvalue weighted by Gasteiger charge is 2.12. The molecule has 0 amide bonds. The molecule has 0 spiro atoms. The maximum absolute atomic E-state index is 11.9. The molecule has 0 atom stereocenters. The Hall–Kier alpha value is -2.25. The van der Waals surface area contributed by atoms with Gasteiger partial charge in [-0.05, 0) is 26.0 Å². The third kappa shape index (κ3) is 4.24. The zero-order chi connectivity index (χ0) is 17.8. The lowest BCUT2D eigenvalue weighted by molar-refractivity contribution is 0.0393. The zero-order valence-electron chi connectivity index (χ0n) is 15.1.